The van der Waals surface area contributed by atoms with Crippen LogP contribution in [0.4, 0.5) is 10.1 Å². The summed E-state index contributed by atoms with van der Waals surface area (Å²) in [5, 5.41) is 0.884. The number of piperidine rings is 1. The van der Waals surface area contributed by atoms with Gasteiger partial charge in [-0.2, -0.15) is 4.31 Å². The second-order valence-electron chi connectivity index (χ2n) is 8.96. The quantitative estimate of drug-likeness (QED) is 0.484. The molecule has 2 fully saturated rings. The highest BCUT2D eigenvalue weighted by Crippen LogP contribution is 2.29. The van der Waals surface area contributed by atoms with Gasteiger partial charge in [-0.1, -0.05) is 15.9 Å². The summed E-state index contributed by atoms with van der Waals surface area (Å²) in [6.45, 7) is 3.04. The second kappa shape index (κ2) is 9.83. The normalized spacial score (nSPS) is 19.8. The Balaban J connectivity index is 1.24. The van der Waals surface area contributed by atoms with Crippen molar-refractivity contribution < 1.29 is 17.6 Å². The highest BCUT2D eigenvalue weighted by molar-refractivity contribution is 9.10. The van der Waals surface area contributed by atoms with Gasteiger partial charge in [-0.3, -0.25) is 9.78 Å². The third kappa shape index (κ3) is 4.92. The van der Waals surface area contributed by atoms with E-state index in [1.165, 1.54) is 16.4 Å². The molecule has 1 amide bonds. The molecule has 0 spiro atoms. The molecule has 2 aliphatic heterocycles. The Labute approximate surface area is 212 Å². The first-order chi connectivity index (χ1) is 16.8. The number of anilines is 1. The van der Waals surface area contributed by atoms with Crippen LogP contribution in [-0.4, -0.2) is 67.8 Å². The Morgan fingerprint density at radius 3 is 2.49 bits per heavy atom. The van der Waals surface area contributed by atoms with Crippen molar-refractivity contribution in [2.24, 2.45) is 5.92 Å². The summed E-state index contributed by atoms with van der Waals surface area (Å²) in [5.74, 6) is -0.645. The Hall–Kier alpha value is -2.56. The number of benzene rings is 2. The van der Waals surface area contributed by atoms with Gasteiger partial charge < -0.3 is 9.80 Å². The van der Waals surface area contributed by atoms with Crippen molar-refractivity contribution in [1.82, 2.24) is 14.2 Å². The maximum Gasteiger partial charge on any atom is 0.243 e. The van der Waals surface area contributed by atoms with Gasteiger partial charge in [-0.05, 0) is 55.3 Å². The average molecular weight is 561 g/mol. The van der Waals surface area contributed by atoms with E-state index >= 15 is 0 Å². The van der Waals surface area contributed by atoms with Gasteiger partial charge in [-0.25, -0.2) is 12.8 Å². The zero-order valence-electron chi connectivity index (χ0n) is 19.1. The summed E-state index contributed by atoms with van der Waals surface area (Å²) in [5.41, 5.74) is 1.59. The predicted octanol–water partition coefficient (Wildman–Crippen LogP) is 3.89. The maximum atomic E-state index is 13.6. The van der Waals surface area contributed by atoms with Crippen LogP contribution in [0, 0.1) is 11.7 Å². The van der Waals surface area contributed by atoms with Crippen molar-refractivity contribution in [3.8, 4) is 0 Å². The molecule has 2 saturated heterocycles. The molecule has 10 heteroatoms. The maximum absolute atomic E-state index is 13.6. The van der Waals surface area contributed by atoms with E-state index in [2.05, 4.69) is 25.8 Å². The molecule has 1 aromatic heterocycles. The molecule has 0 bridgehead atoms. The lowest BCUT2D eigenvalue weighted by molar-refractivity contribution is -0.137. The van der Waals surface area contributed by atoms with Crippen LogP contribution >= 0.6 is 15.9 Å². The molecule has 7 nitrogen and oxygen atoms in total. The molecule has 2 aliphatic rings. The number of amides is 1. The molecule has 2 aromatic carbocycles. The highest BCUT2D eigenvalue weighted by atomic mass is 79.9. The lowest BCUT2D eigenvalue weighted by Gasteiger charge is -2.39. The summed E-state index contributed by atoms with van der Waals surface area (Å²) < 4.78 is 42.1. The minimum Gasteiger partial charge on any atom is -0.367 e. The summed E-state index contributed by atoms with van der Waals surface area (Å²) >= 11 is 3.33. The van der Waals surface area contributed by atoms with Gasteiger partial charge in [0.15, 0.2) is 0 Å². The standard InChI is InChI=1S/C25H26BrFN4O3S/c26-19-3-6-21(7-4-19)35(33,34)31-11-1-2-18(17-31)25(32)30-14-12-29(13-15-30)24-9-10-28-23-16-20(27)5-8-22(23)24/h3-10,16,18H,1-2,11-15,17H2/t18-/m1/s1. The van der Waals surface area contributed by atoms with E-state index in [0.29, 0.717) is 51.1 Å². The average Bonchev–Trinajstić information content (AvgIpc) is 2.88. The molecule has 184 valence electrons. The number of pyridine rings is 1. The Morgan fingerprint density at radius 1 is 1.00 bits per heavy atom. The van der Waals surface area contributed by atoms with Crippen molar-refractivity contribution >= 4 is 48.5 Å². The van der Waals surface area contributed by atoms with Gasteiger partial charge in [0, 0.05) is 67.1 Å². The van der Waals surface area contributed by atoms with Crippen LogP contribution in [0.5, 0.6) is 0 Å². The van der Waals surface area contributed by atoms with E-state index in [4.69, 9.17) is 0 Å². The van der Waals surface area contributed by atoms with E-state index in [1.807, 2.05) is 11.0 Å². The van der Waals surface area contributed by atoms with Gasteiger partial charge in [-0.15, -0.1) is 0 Å². The second-order valence-corrected chi connectivity index (χ2v) is 11.8. The van der Waals surface area contributed by atoms with Crippen molar-refractivity contribution in [2.45, 2.75) is 17.7 Å². The first-order valence-electron chi connectivity index (χ1n) is 11.7. The number of rotatable bonds is 4. The summed E-state index contributed by atoms with van der Waals surface area (Å²) in [4.78, 5) is 21.9. The van der Waals surface area contributed by atoms with Gasteiger partial charge in [0.05, 0.1) is 16.3 Å². The van der Waals surface area contributed by atoms with Crippen molar-refractivity contribution in [3.63, 3.8) is 0 Å². The largest absolute Gasteiger partial charge is 0.367 e. The topological polar surface area (TPSA) is 73.8 Å². The molecule has 3 heterocycles. The number of hydrogen-bond donors (Lipinski definition) is 0. The van der Waals surface area contributed by atoms with E-state index in [0.717, 1.165) is 15.5 Å². The molecule has 0 saturated carbocycles. The number of nitrogens with zero attached hydrogens (tertiary/aromatic N) is 4. The number of carbonyl (C=O) groups is 1. The summed E-state index contributed by atoms with van der Waals surface area (Å²) in [6, 6.07) is 13.1. The molecule has 5 rings (SSSR count). The number of fused-ring (bicyclic) bond motifs is 1. The molecule has 0 radical (unpaired) electrons. The number of hydrogen-bond acceptors (Lipinski definition) is 5. The Bertz CT molecular complexity index is 1340. The molecular weight excluding hydrogens is 535 g/mol. The highest BCUT2D eigenvalue weighted by Gasteiger charge is 2.36. The zero-order chi connectivity index (χ0) is 24.6. The fraction of sp³-hybridized carbons (Fsp3) is 0.360. The lowest BCUT2D eigenvalue weighted by atomic mass is 9.97. The monoisotopic (exact) mass is 560 g/mol. The van der Waals surface area contributed by atoms with Crippen molar-refractivity contribution in [1.29, 1.82) is 0 Å². The van der Waals surface area contributed by atoms with E-state index in [1.54, 1.807) is 36.5 Å². The number of carbonyl (C=O) groups excluding carboxylic acids is 1. The molecule has 3 aromatic rings. The molecule has 0 unspecified atom stereocenters. The van der Waals surface area contributed by atoms with Gasteiger partial charge >= 0.3 is 0 Å². The minimum atomic E-state index is -3.64. The Morgan fingerprint density at radius 2 is 1.74 bits per heavy atom. The van der Waals surface area contributed by atoms with E-state index in [9.17, 15) is 17.6 Å². The van der Waals surface area contributed by atoms with Crippen LogP contribution in [0.15, 0.2) is 64.1 Å². The molecule has 1 atom stereocenters. The van der Waals surface area contributed by atoms with E-state index < -0.39 is 10.0 Å². The lowest BCUT2D eigenvalue weighted by Crippen LogP contribution is -2.53. The molecule has 35 heavy (non-hydrogen) atoms. The molecular formula is C25H26BrFN4O3S. The predicted molar refractivity (Wildman–Crippen MR) is 136 cm³/mol. The van der Waals surface area contributed by atoms with Crippen molar-refractivity contribution in [3.05, 3.63) is 65.0 Å². The van der Waals surface area contributed by atoms with Crippen LogP contribution in [0.1, 0.15) is 12.8 Å². The van der Waals surface area contributed by atoms with Crippen LogP contribution in [0.25, 0.3) is 10.9 Å². The number of aromatic nitrogens is 1. The van der Waals surface area contributed by atoms with Crippen LogP contribution < -0.4 is 4.90 Å². The van der Waals surface area contributed by atoms with Crippen LogP contribution in [0.2, 0.25) is 0 Å². The third-order valence-electron chi connectivity index (χ3n) is 6.80. The SMILES string of the molecule is O=C([C@@H]1CCCN(S(=O)(=O)c2ccc(Br)cc2)C1)N1CCN(c2ccnc3cc(F)ccc23)CC1. The fourth-order valence-corrected chi connectivity index (χ4v) is 6.71. The number of halogens is 2. The van der Waals surface area contributed by atoms with Gasteiger partial charge in [0.1, 0.15) is 5.82 Å². The van der Waals surface area contributed by atoms with Crippen LogP contribution in [-0.2, 0) is 14.8 Å². The van der Waals surface area contributed by atoms with Crippen molar-refractivity contribution in [2.75, 3.05) is 44.2 Å². The number of piperazine rings is 1. The summed E-state index contributed by atoms with van der Waals surface area (Å²) in [7, 11) is -3.64. The summed E-state index contributed by atoms with van der Waals surface area (Å²) in [6.07, 6.45) is 3.02. The minimum absolute atomic E-state index is 0.0158. The zero-order valence-corrected chi connectivity index (χ0v) is 21.5. The fourth-order valence-electron chi connectivity index (χ4n) is 4.93. The van der Waals surface area contributed by atoms with E-state index in [-0.39, 0.29) is 29.1 Å². The van der Waals surface area contributed by atoms with Gasteiger partial charge in [0.25, 0.3) is 0 Å². The Kier molecular flexibility index (Phi) is 6.78. The first kappa shape index (κ1) is 24.1. The molecule has 0 N–H and O–H groups in total. The first-order valence-corrected chi connectivity index (χ1v) is 13.9. The van der Waals surface area contributed by atoms with Gasteiger partial charge in [0.2, 0.25) is 15.9 Å². The number of sulfonamides is 1. The molecule has 0 aliphatic carbocycles. The third-order valence-corrected chi connectivity index (χ3v) is 9.21. The smallest absolute Gasteiger partial charge is 0.243 e. The van der Waals surface area contributed by atoms with Crippen LogP contribution in [0.3, 0.4) is 0 Å².